The van der Waals surface area contributed by atoms with Crippen molar-refractivity contribution in [3.8, 4) is 0 Å². The summed E-state index contributed by atoms with van der Waals surface area (Å²) in [5, 5.41) is 0.516. The molecule has 0 radical (unpaired) electrons. The Labute approximate surface area is 99.4 Å². The quantitative estimate of drug-likeness (QED) is 0.759. The van der Waals surface area contributed by atoms with E-state index in [1.165, 1.54) is 6.20 Å². The van der Waals surface area contributed by atoms with Gasteiger partial charge in [0, 0.05) is 40.0 Å². The SMILES string of the molecule is Cn1cc(S(=O)(=O)Cl)c2cc(Br)cnc21. The second-order valence-electron chi connectivity index (χ2n) is 3.07. The van der Waals surface area contributed by atoms with Gasteiger partial charge in [0.05, 0.1) is 0 Å². The van der Waals surface area contributed by atoms with E-state index in [4.69, 9.17) is 10.7 Å². The molecular formula is C8H6BrClN2O2S. The molecule has 0 amide bonds. The van der Waals surface area contributed by atoms with Gasteiger partial charge in [0.25, 0.3) is 9.05 Å². The van der Waals surface area contributed by atoms with Crippen LogP contribution in [-0.2, 0) is 16.1 Å². The van der Waals surface area contributed by atoms with Crippen LogP contribution in [0.5, 0.6) is 0 Å². The lowest BCUT2D eigenvalue weighted by atomic mass is 10.3. The van der Waals surface area contributed by atoms with Crippen LogP contribution in [0.2, 0.25) is 0 Å². The minimum atomic E-state index is -3.73. The van der Waals surface area contributed by atoms with Gasteiger partial charge >= 0.3 is 0 Å². The van der Waals surface area contributed by atoms with E-state index in [-0.39, 0.29) is 4.90 Å². The molecule has 0 saturated heterocycles. The van der Waals surface area contributed by atoms with Crippen LogP contribution in [-0.4, -0.2) is 18.0 Å². The molecule has 0 aliphatic heterocycles. The standard InChI is InChI=1S/C8H6BrClN2O2S/c1-12-4-7(15(10,13)14)6-2-5(9)3-11-8(6)12/h2-4H,1H3. The average molecular weight is 310 g/mol. The van der Waals surface area contributed by atoms with Crippen LogP contribution in [0.15, 0.2) is 27.8 Å². The second-order valence-corrected chi connectivity index (χ2v) is 6.52. The summed E-state index contributed by atoms with van der Waals surface area (Å²) in [6.45, 7) is 0. The molecule has 15 heavy (non-hydrogen) atoms. The molecule has 0 aliphatic carbocycles. The molecule has 0 bridgehead atoms. The Morgan fingerprint density at radius 3 is 2.80 bits per heavy atom. The lowest BCUT2D eigenvalue weighted by molar-refractivity contribution is 0.610. The van der Waals surface area contributed by atoms with Crippen LogP contribution in [0.25, 0.3) is 11.0 Å². The van der Waals surface area contributed by atoms with Gasteiger partial charge in [0.15, 0.2) is 0 Å². The molecule has 0 atom stereocenters. The Kier molecular flexibility index (Phi) is 2.52. The first-order valence-electron chi connectivity index (χ1n) is 3.95. The van der Waals surface area contributed by atoms with E-state index in [0.717, 1.165) is 0 Å². The Hall–Kier alpha value is -0.590. The van der Waals surface area contributed by atoms with Crippen LogP contribution in [0, 0.1) is 0 Å². The van der Waals surface area contributed by atoms with Crippen molar-refractivity contribution in [3.05, 3.63) is 22.9 Å². The molecule has 0 N–H and O–H groups in total. The third kappa shape index (κ3) is 1.89. The van der Waals surface area contributed by atoms with Crippen molar-refractivity contribution < 1.29 is 8.42 Å². The van der Waals surface area contributed by atoms with Crippen LogP contribution >= 0.6 is 26.6 Å². The van der Waals surface area contributed by atoms with E-state index in [2.05, 4.69) is 20.9 Å². The first kappa shape index (κ1) is 10.9. The van der Waals surface area contributed by atoms with Crippen molar-refractivity contribution >= 4 is 46.7 Å². The molecule has 2 rings (SSSR count). The monoisotopic (exact) mass is 308 g/mol. The van der Waals surface area contributed by atoms with Crippen molar-refractivity contribution in [2.24, 2.45) is 7.05 Å². The van der Waals surface area contributed by atoms with Crippen molar-refractivity contribution in [3.63, 3.8) is 0 Å². The van der Waals surface area contributed by atoms with E-state index in [1.54, 1.807) is 23.9 Å². The third-order valence-electron chi connectivity index (χ3n) is 2.01. The summed E-state index contributed by atoms with van der Waals surface area (Å²) in [4.78, 5) is 4.19. The minimum absolute atomic E-state index is 0.0791. The summed E-state index contributed by atoms with van der Waals surface area (Å²) in [6.07, 6.45) is 3.05. The van der Waals surface area contributed by atoms with Gasteiger partial charge in [-0.25, -0.2) is 13.4 Å². The number of rotatable bonds is 1. The number of nitrogens with zero attached hydrogens (tertiary/aromatic N) is 2. The molecule has 7 heteroatoms. The zero-order valence-electron chi connectivity index (χ0n) is 7.61. The van der Waals surface area contributed by atoms with E-state index in [1.807, 2.05) is 0 Å². The van der Waals surface area contributed by atoms with Gasteiger partial charge in [-0.3, -0.25) is 0 Å². The van der Waals surface area contributed by atoms with Crippen LogP contribution in [0.4, 0.5) is 0 Å². The Morgan fingerprint density at radius 1 is 1.53 bits per heavy atom. The van der Waals surface area contributed by atoms with Crippen LogP contribution in [0.3, 0.4) is 0 Å². The van der Waals surface area contributed by atoms with E-state index in [0.29, 0.717) is 15.5 Å². The number of hydrogen-bond donors (Lipinski definition) is 0. The summed E-state index contributed by atoms with van der Waals surface area (Å²) in [5.74, 6) is 0. The highest BCUT2D eigenvalue weighted by atomic mass is 79.9. The van der Waals surface area contributed by atoms with Crippen LogP contribution in [0.1, 0.15) is 0 Å². The molecule has 0 aromatic carbocycles. The van der Waals surface area contributed by atoms with E-state index in [9.17, 15) is 8.42 Å². The number of aromatic nitrogens is 2. The fourth-order valence-corrected chi connectivity index (χ4v) is 2.79. The average Bonchev–Trinajstić information content (AvgIpc) is 2.42. The van der Waals surface area contributed by atoms with Gasteiger partial charge in [0.1, 0.15) is 10.5 Å². The van der Waals surface area contributed by atoms with Gasteiger partial charge in [-0.05, 0) is 22.0 Å². The summed E-state index contributed by atoms with van der Waals surface area (Å²) >= 11 is 3.23. The highest BCUT2D eigenvalue weighted by Gasteiger charge is 2.18. The number of halogens is 2. The molecule has 2 aromatic heterocycles. The van der Waals surface area contributed by atoms with Crippen molar-refractivity contribution in [2.45, 2.75) is 4.90 Å². The predicted octanol–water partition coefficient (Wildman–Crippen LogP) is 2.26. The van der Waals surface area contributed by atoms with Gasteiger partial charge < -0.3 is 4.57 Å². The van der Waals surface area contributed by atoms with Crippen molar-refractivity contribution in [1.82, 2.24) is 9.55 Å². The highest BCUT2D eigenvalue weighted by Crippen LogP contribution is 2.27. The lowest BCUT2D eigenvalue weighted by Crippen LogP contribution is -1.88. The summed E-state index contributed by atoms with van der Waals surface area (Å²) < 4.78 is 24.9. The summed E-state index contributed by atoms with van der Waals surface area (Å²) in [6, 6.07) is 1.68. The number of fused-ring (bicyclic) bond motifs is 1. The maximum absolute atomic E-state index is 11.3. The molecule has 2 aromatic rings. The fourth-order valence-electron chi connectivity index (χ4n) is 1.40. The zero-order chi connectivity index (χ0) is 11.2. The predicted molar refractivity (Wildman–Crippen MR) is 61.5 cm³/mol. The molecule has 80 valence electrons. The normalized spacial score (nSPS) is 12.2. The molecule has 4 nitrogen and oxygen atoms in total. The Morgan fingerprint density at radius 2 is 2.20 bits per heavy atom. The number of aryl methyl sites for hydroxylation is 1. The zero-order valence-corrected chi connectivity index (χ0v) is 10.8. The molecule has 2 heterocycles. The van der Waals surface area contributed by atoms with Gasteiger partial charge in [-0.1, -0.05) is 0 Å². The molecule has 0 fully saturated rings. The number of hydrogen-bond acceptors (Lipinski definition) is 3. The maximum atomic E-state index is 11.3. The third-order valence-corrected chi connectivity index (χ3v) is 3.79. The first-order valence-corrected chi connectivity index (χ1v) is 7.05. The molecule has 0 aliphatic rings. The molecule has 0 saturated carbocycles. The maximum Gasteiger partial charge on any atom is 0.263 e. The lowest BCUT2D eigenvalue weighted by Gasteiger charge is -1.95. The smallest absolute Gasteiger partial charge is 0.263 e. The minimum Gasteiger partial charge on any atom is -0.334 e. The fraction of sp³-hybridized carbons (Fsp3) is 0.125. The van der Waals surface area contributed by atoms with Gasteiger partial charge in [-0.15, -0.1) is 0 Å². The highest BCUT2D eigenvalue weighted by molar-refractivity contribution is 9.10. The molecule has 0 spiro atoms. The van der Waals surface area contributed by atoms with Crippen molar-refractivity contribution in [2.75, 3.05) is 0 Å². The largest absolute Gasteiger partial charge is 0.334 e. The Bertz CT molecular complexity index is 635. The first-order chi connectivity index (χ1) is 6.89. The van der Waals surface area contributed by atoms with E-state index < -0.39 is 9.05 Å². The number of pyridine rings is 1. The van der Waals surface area contributed by atoms with Crippen molar-refractivity contribution in [1.29, 1.82) is 0 Å². The topological polar surface area (TPSA) is 52.0 Å². The van der Waals surface area contributed by atoms with Crippen LogP contribution < -0.4 is 0 Å². The van der Waals surface area contributed by atoms with Gasteiger partial charge in [0.2, 0.25) is 0 Å². The Balaban J connectivity index is 2.94. The van der Waals surface area contributed by atoms with E-state index >= 15 is 0 Å². The molecular weight excluding hydrogens is 304 g/mol. The second kappa shape index (κ2) is 3.47. The summed E-state index contributed by atoms with van der Waals surface area (Å²) in [7, 11) is 3.30. The molecule has 0 unspecified atom stereocenters. The summed E-state index contributed by atoms with van der Waals surface area (Å²) in [5.41, 5.74) is 0.581. The van der Waals surface area contributed by atoms with Gasteiger partial charge in [-0.2, -0.15) is 0 Å².